The Morgan fingerprint density at radius 1 is 1.26 bits per heavy atom. The fourth-order valence-electron chi connectivity index (χ4n) is 3.29. The van der Waals surface area contributed by atoms with Crippen molar-refractivity contribution in [3.05, 3.63) is 50.9 Å². The number of thiophene rings is 1. The number of thiocarbonyl (C=S) groups is 1. The van der Waals surface area contributed by atoms with Gasteiger partial charge in [0.1, 0.15) is 5.00 Å². The van der Waals surface area contributed by atoms with Crippen LogP contribution in [0.4, 0.5) is 5.00 Å². The maximum Gasteiger partial charge on any atom is 0.257 e. The molecular formula is C20H23N3O2S2. The van der Waals surface area contributed by atoms with Gasteiger partial charge in [0.15, 0.2) is 5.11 Å². The standard InChI is InChI=1S/C20H23N3O2S2/c1-10-4-7-14-15(8-10)27-19(16(14)17(21)24)23-20(26)22-18(25)13-6-5-11(2)12(3)9-13/h5-6,9-10H,4,7-8H2,1-3H3,(H2,21,24)(H2,22,23,25,26)/t10-/m0/s1. The Hall–Kier alpha value is -2.25. The lowest BCUT2D eigenvalue weighted by Gasteiger charge is -2.18. The number of hydrogen-bond donors (Lipinski definition) is 3. The van der Waals surface area contributed by atoms with Crippen LogP contribution in [0.2, 0.25) is 0 Å². The molecule has 5 nitrogen and oxygen atoms in total. The maximum atomic E-state index is 12.4. The number of rotatable bonds is 3. The Balaban J connectivity index is 1.77. The Morgan fingerprint density at radius 2 is 2.00 bits per heavy atom. The van der Waals surface area contributed by atoms with Crippen LogP contribution in [0.25, 0.3) is 0 Å². The lowest BCUT2D eigenvalue weighted by molar-refractivity contribution is 0.0975. The third kappa shape index (κ3) is 4.20. The summed E-state index contributed by atoms with van der Waals surface area (Å²) in [4.78, 5) is 25.6. The van der Waals surface area contributed by atoms with Crippen molar-refractivity contribution < 1.29 is 9.59 Å². The molecule has 0 unspecified atom stereocenters. The van der Waals surface area contributed by atoms with Crippen LogP contribution in [-0.2, 0) is 12.8 Å². The second kappa shape index (κ2) is 7.78. The van der Waals surface area contributed by atoms with Crippen molar-refractivity contribution in [2.45, 2.75) is 40.0 Å². The molecule has 0 aliphatic heterocycles. The number of nitrogens with two attached hydrogens (primary N) is 1. The molecule has 1 atom stereocenters. The molecule has 2 amide bonds. The summed E-state index contributed by atoms with van der Waals surface area (Å²) in [7, 11) is 0. The highest BCUT2D eigenvalue weighted by Crippen LogP contribution is 2.39. The van der Waals surface area contributed by atoms with Gasteiger partial charge in [0.2, 0.25) is 0 Å². The van der Waals surface area contributed by atoms with E-state index in [1.165, 1.54) is 16.2 Å². The molecular weight excluding hydrogens is 378 g/mol. The van der Waals surface area contributed by atoms with E-state index in [0.29, 0.717) is 22.0 Å². The van der Waals surface area contributed by atoms with Crippen LogP contribution in [-0.4, -0.2) is 16.9 Å². The number of nitrogens with one attached hydrogen (secondary N) is 2. The predicted octanol–water partition coefficient (Wildman–Crippen LogP) is 3.72. The summed E-state index contributed by atoms with van der Waals surface area (Å²) in [5.74, 6) is -0.167. The lowest BCUT2D eigenvalue weighted by atomic mass is 9.88. The SMILES string of the molecule is Cc1ccc(C(=O)NC(=S)Nc2sc3c(c2C(N)=O)CC[C@H](C)C3)cc1C. The van der Waals surface area contributed by atoms with Gasteiger partial charge in [-0.1, -0.05) is 13.0 Å². The fraction of sp³-hybridized carbons (Fsp3) is 0.350. The highest BCUT2D eigenvalue weighted by molar-refractivity contribution is 7.80. The van der Waals surface area contributed by atoms with Crippen LogP contribution in [0.3, 0.4) is 0 Å². The second-order valence-electron chi connectivity index (χ2n) is 7.13. The van der Waals surface area contributed by atoms with E-state index in [2.05, 4.69) is 17.6 Å². The molecule has 0 bridgehead atoms. The van der Waals surface area contributed by atoms with Gasteiger partial charge in [0, 0.05) is 10.4 Å². The number of carbonyl (C=O) groups excluding carboxylic acids is 2. The molecule has 2 aromatic rings. The van der Waals surface area contributed by atoms with Crippen molar-refractivity contribution in [1.29, 1.82) is 0 Å². The Bertz CT molecular complexity index is 934. The summed E-state index contributed by atoms with van der Waals surface area (Å²) >= 11 is 6.79. The van der Waals surface area contributed by atoms with Gasteiger partial charge in [-0.3, -0.25) is 14.9 Å². The third-order valence-corrected chi connectivity index (χ3v) is 6.36. The van der Waals surface area contributed by atoms with E-state index in [-0.39, 0.29) is 11.0 Å². The lowest BCUT2D eigenvalue weighted by Crippen LogP contribution is -2.34. The number of primary amides is 1. The van der Waals surface area contributed by atoms with Crippen molar-refractivity contribution in [3.8, 4) is 0 Å². The smallest absolute Gasteiger partial charge is 0.257 e. The molecule has 0 fully saturated rings. The zero-order chi connectivity index (χ0) is 19.7. The number of carbonyl (C=O) groups is 2. The molecule has 0 saturated heterocycles. The van der Waals surface area contributed by atoms with E-state index >= 15 is 0 Å². The van der Waals surface area contributed by atoms with E-state index in [0.717, 1.165) is 36.0 Å². The summed E-state index contributed by atoms with van der Waals surface area (Å²) in [6.45, 7) is 6.15. The quantitative estimate of drug-likeness (QED) is 0.685. The topological polar surface area (TPSA) is 84.2 Å². The van der Waals surface area contributed by atoms with Crippen LogP contribution in [0.5, 0.6) is 0 Å². The first-order chi connectivity index (χ1) is 12.8. The Morgan fingerprint density at radius 3 is 2.67 bits per heavy atom. The van der Waals surface area contributed by atoms with Crippen LogP contribution in [0.15, 0.2) is 18.2 Å². The van der Waals surface area contributed by atoms with Gasteiger partial charge in [0.25, 0.3) is 11.8 Å². The van der Waals surface area contributed by atoms with Gasteiger partial charge >= 0.3 is 0 Å². The van der Waals surface area contributed by atoms with E-state index < -0.39 is 5.91 Å². The average Bonchev–Trinajstić information content (AvgIpc) is 2.93. The summed E-state index contributed by atoms with van der Waals surface area (Å²) in [6, 6.07) is 5.49. The monoisotopic (exact) mass is 401 g/mol. The highest BCUT2D eigenvalue weighted by Gasteiger charge is 2.27. The van der Waals surface area contributed by atoms with Crippen LogP contribution in [0, 0.1) is 19.8 Å². The summed E-state index contributed by atoms with van der Waals surface area (Å²) in [5.41, 5.74) is 9.84. The molecule has 0 spiro atoms. The van der Waals surface area contributed by atoms with Gasteiger partial charge in [-0.05, 0) is 80.1 Å². The second-order valence-corrected chi connectivity index (χ2v) is 8.64. The zero-order valence-electron chi connectivity index (χ0n) is 15.6. The van der Waals surface area contributed by atoms with Crippen molar-refractivity contribution in [2.75, 3.05) is 5.32 Å². The number of fused-ring (bicyclic) bond motifs is 1. The minimum Gasteiger partial charge on any atom is -0.365 e. The number of anilines is 1. The van der Waals surface area contributed by atoms with Gasteiger partial charge in [-0.25, -0.2) is 0 Å². The van der Waals surface area contributed by atoms with Crippen LogP contribution >= 0.6 is 23.6 Å². The van der Waals surface area contributed by atoms with E-state index in [1.54, 1.807) is 6.07 Å². The third-order valence-electron chi connectivity index (χ3n) is 4.98. The molecule has 0 radical (unpaired) electrons. The number of benzene rings is 1. The highest BCUT2D eigenvalue weighted by atomic mass is 32.1. The molecule has 142 valence electrons. The molecule has 1 aromatic carbocycles. The van der Waals surface area contributed by atoms with Gasteiger partial charge < -0.3 is 11.1 Å². The normalized spacial score (nSPS) is 15.7. The molecule has 7 heteroatoms. The minimum absolute atomic E-state index is 0.160. The summed E-state index contributed by atoms with van der Waals surface area (Å²) < 4.78 is 0. The molecule has 0 saturated carbocycles. The first-order valence-corrected chi connectivity index (χ1v) is 10.1. The average molecular weight is 402 g/mol. The number of hydrogen-bond acceptors (Lipinski definition) is 4. The van der Waals surface area contributed by atoms with E-state index in [9.17, 15) is 9.59 Å². The van der Waals surface area contributed by atoms with Gasteiger partial charge in [0.05, 0.1) is 5.56 Å². The van der Waals surface area contributed by atoms with Crippen molar-refractivity contribution in [1.82, 2.24) is 5.32 Å². The largest absolute Gasteiger partial charge is 0.365 e. The molecule has 27 heavy (non-hydrogen) atoms. The number of aryl methyl sites for hydroxylation is 2. The fourth-order valence-corrected chi connectivity index (χ4v) is 4.97. The minimum atomic E-state index is -0.465. The Kier molecular flexibility index (Phi) is 5.62. The van der Waals surface area contributed by atoms with Crippen LogP contribution < -0.4 is 16.4 Å². The Labute approximate surface area is 168 Å². The van der Waals surface area contributed by atoms with Crippen molar-refractivity contribution in [2.24, 2.45) is 11.7 Å². The van der Waals surface area contributed by atoms with E-state index in [4.69, 9.17) is 18.0 Å². The zero-order valence-corrected chi connectivity index (χ0v) is 17.3. The molecule has 4 N–H and O–H groups in total. The first kappa shape index (κ1) is 19.5. The molecule has 3 rings (SSSR count). The molecule has 1 heterocycles. The summed E-state index contributed by atoms with van der Waals surface area (Å²) in [5, 5.41) is 6.47. The molecule has 1 aliphatic rings. The van der Waals surface area contributed by atoms with E-state index in [1.807, 2.05) is 26.0 Å². The van der Waals surface area contributed by atoms with Crippen LogP contribution in [0.1, 0.15) is 55.6 Å². The van der Waals surface area contributed by atoms with Crippen molar-refractivity contribution in [3.63, 3.8) is 0 Å². The maximum absolute atomic E-state index is 12.4. The predicted molar refractivity (Wildman–Crippen MR) is 114 cm³/mol. The first-order valence-electron chi connectivity index (χ1n) is 8.90. The van der Waals surface area contributed by atoms with Gasteiger partial charge in [-0.2, -0.15) is 0 Å². The van der Waals surface area contributed by atoms with Crippen molar-refractivity contribution >= 4 is 45.5 Å². The van der Waals surface area contributed by atoms with Gasteiger partial charge in [-0.15, -0.1) is 11.3 Å². The summed E-state index contributed by atoms with van der Waals surface area (Å²) in [6.07, 6.45) is 2.82. The number of amides is 2. The molecule has 1 aliphatic carbocycles. The molecule has 1 aromatic heterocycles.